The molecule has 2 unspecified atom stereocenters. The summed E-state index contributed by atoms with van der Waals surface area (Å²) in [6.45, 7) is 0.428. The topological polar surface area (TPSA) is 93.4 Å². The van der Waals surface area contributed by atoms with Gasteiger partial charge in [-0.2, -0.15) is 0 Å². The molecule has 2 atom stereocenters. The second kappa shape index (κ2) is 7.20. The molecule has 1 aromatic carbocycles. The molecule has 1 saturated heterocycles. The zero-order valence-corrected chi connectivity index (χ0v) is 11.9. The van der Waals surface area contributed by atoms with Gasteiger partial charge >= 0.3 is 0 Å². The lowest BCUT2D eigenvalue weighted by atomic mass is 9.94. The van der Waals surface area contributed by atoms with Crippen LogP contribution in [0.3, 0.4) is 0 Å². The molecular weight excluding hydrogens is 274 g/mol. The maximum atomic E-state index is 9.97. The van der Waals surface area contributed by atoms with E-state index in [1.165, 1.54) is 0 Å². The monoisotopic (exact) mass is 297 g/mol. The van der Waals surface area contributed by atoms with Gasteiger partial charge in [-0.15, -0.1) is 0 Å². The number of likely N-dealkylation sites (tertiary alicyclic amines) is 1. The fraction of sp³-hybridized carbons (Fsp3) is 0.600. The Bertz CT molecular complexity index is 423. The third-order valence-corrected chi connectivity index (χ3v) is 4.08. The number of para-hydroxylation sites is 1. The average molecular weight is 297 g/mol. The van der Waals surface area contributed by atoms with E-state index in [9.17, 15) is 20.4 Å². The van der Waals surface area contributed by atoms with Crippen LogP contribution in [0.25, 0.3) is 0 Å². The first kappa shape index (κ1) is 16.2. The van der Waals surface area contributed by atoms with Crippen molar-refractivity contribution in [3.63, 3.8) is 0 Å². The fourth-order valence-electron chi connectivity index (χ4n) is 2.77. The van der Waals surface area contributed by atoms with E-state index in [1.54, 1.807) is 4.90 Å². The van der Waals surface area contributed by atoms with Gasteiger partial charge in [0.15, 0.2) is 0 Å². The Morgan fingerprint density at radius 1 is 1.14 bits per heavy atom. The van der Waals surface area contributed by atoms with E-state index in [0.29, 0.717) is 19.6 Å². The maximum Gasteiger partial charge on any atom is 0.119 e. The summed E-state index contributed by atoms with van der Waals surface area (Å²) in [5.41, 5.74) is -1.17. The third kappa shape index (κ3) is 3.36. The molecule has 1 aromatic rings. The van der Waals surface area contributed by atoms with Gasteiger partial charge in [0.25, 0.3) is 0 Å². The highest BCUT2D eigenvalue weighted by Crippen LogP contribution is 2.29. The molecule has 0 aromatic heterocycles. The summed E-state index contributed by atoms with van der Waals surface area (Å²) < 4.78 is 5.58. The van der Waals surface area contributed by atoms with Crippen molar-refractivity contribution in [2.45, 2.75) is 24.2 Å². The summed E-state index contributed by atoms with van der Waals surface area (Å²) in [4.78, 5) is 1.73. The average Bonchev–Trinajstić information content (AvgIpc) is 2.76. The van der Waals surface area contributed by atoms with Gasteiger partial charge in [0.1, 0.15) is 11.9 Å². The lowest BCUT2D eigenvalue weighted by Crippen LogP contribution is -2.57. The Kier molecular flexibility index (Phi) is 5.55. The van der Waals surface area contributed by atoms with Crippen molar-refractivity contribution in [3.8, 4) is 5.75 Å². The molecular formula is C15H23NO5. The van der Waals surface area contributed by atoms with Crippen LogP contribution in [0.4, 0.5) is 0 Å². The summed E-state index contributed by atoms with van der Waals surface area (Å²) >= 11 is 0. The lowest BCUT2D eigenvalue weighted by molar-refractivity contribution is -0.0656. The number of rotatable bonds is 7. The van der Waals surface area contributed by atoms with Gasteiger partial charge in [0, 0.05) is 13.1 Å². The molecule has 0 saturated carbocycles. The summed E-state index contributed by atoms with van der Waals surface area (Å²) in [5, 5.41) is 38.7. The van der Waals surface area contributed by atoms with Crippen LogP contribution in [0.1, 0.15) is 6.42 Å². The van der Waals surface area contributed by atoms with E-state index in [1.807, 2.05) is 30.3 Å². The molecule has 0 spiro atoms. The SMILES string of the molecule is OCC1(CO)C(O)C(O)CN1CCCOc1ccccc1. The molecule has 1 heterocycles. The molecule has 0 amide bonds. The van der Waals surface area contributed by atoms with Crippen molar-refractivity contribution in [1.82, 2.24) is 4.90 Å². The minimum atomic E-state index is -1.17. The van der Waals surface area contributed by atoms with Crippen molar-refractivity contribution in [2.75, 3.05) is 32.9 Å². The predicted molar refractivity (Wildman–Crippen MR) is 77.0 cm³/mol. The van der Waals surface area contributed by atoms with Crippen LogP contribution in [-0.4, -0.2) is 76.0 Å². The van der Waals surface area contributed by atoms with Crippen LogP contribution in [-0.2, 0) is 0 Å². The van der Waals surface area contributed by atoms with Gasteiger partial charge in [-0.25, -0.2) is 0 Å². The van der Waals surface area contributed by atoms with Crippen LogP contribution < -0.4 is 4.74 Å². The molecule has 1 fully saturated rings. The molecule has 21 heavy (non-hydrogen) atoms. The highest BCUT2D eigenvalue weighted by Gasteiger charge is 2.52. The maximum absolute atomic E-state index is 9.97. The Hall–Kier alpha value is -1.18. The van der Waals surface area contributed by atoms with E-state index < -0.39 is 31.0 Å². The smallest absolute Gasteiger partial charge is 0.119 e. The fourth-order valence-corrected chi connectivity index (χ4v) is 2.77. The van der Waals surface area contributed by atoms with Crippen molar-refractivity contribution < 1.29 is 25.2 Å². The van der Waals surface area contributed by atoms with E-state index in [-0.39, 0.29) is 6.54 Å². The first-order chi connectivity index (χ1) is 10.1. The minimum absolute atomic E-state index is 0.230. The second-order valence-corrected chi connectivity index (χ2v) is 5.39. The van der Waals surface area contributed by atoms with Crippen LogP contribution in [0.5, 0.6) is 5.75 Å². The molecule has 4 N–H and O–H groups in total. The molecule has 1 aliphatic rings. The zero-order valence-electron chi connectivity index (χ0n) is 11.9. The first-order valence-electron chi connectivity index (χ1n) is 7.15. The van der Waals surface area contributed by atoms with Crippen molar-refractivity contribution in [3.05, 3.63) is 30.3 Å². The quantitative estimate of drug-likeness (QED) is 0.493. The molecule has 0 bridgehead atoms. The van der Waals surface area contributed by atoms with Gasteiger partial charge in [0.2, 0.25) is 0 Å². The number of nitrogens with zero attached hydrogens (tertiary/aromatic N) is 1. The molecule has 6 nitrogen and oxygen atoms in total. The van der Waals surface area contributed by atoms with Gasteiger partial charge in [-0.05, 0) is 18.6 Å². The van der Waals surface area contributed by atoms with Gasteiger partial charge < -0.3 is 25.2 Å². The summed E-state index contributed by atoms with van der Waals surface area (Å²) in [6.07, 6.45) is -1.45. The van der Waals surface area contributed by atoms with Crippen LogP contribution in [0.15, 0.2) is 30.3 Å². The summed E-state index contributed by atoms with van der Waals surface area (Å²) in [7, 11) is 0. The summed E-state index contributed by atoms with van der Waals surface area (Å²) in [5.74, 6) is 0.787. The van der Waals surface area contributed by atoms with Crippen molar-refractivity contribution >= 4 is 0 Å². The summed E-state index contributed by atoms with van der Waals surface area (Å²) in [6, 6.07) is 9.44. The van der Waals surface area contributed by atoms with Crippen molar-refractivity contribution in [1.29, 1.82) is 0 Å². The van der Waals surface area contributed by atoms with E-state index in [4.69, 9.17) is 4.74 Å². The van der Waals surface area contributed by atoms with E-state index >= 15 is 0 Å². The Balaban J connectivity index is 1.84. The van der Waals surface area contributed by atoms with Gasteiger partial charge in [0.05, 0.1) is 31.5 Å². The molecule has 6 heteroatoms. The number of hydrogen-bond acceptors (Lipinski definition) is 6. The molecule has 0 radical (unpaired) electrons. The number of β-amino-alcohol motifs (C(OH)–C–C–N with tert-alkyl or cyclic N) is 1. The number of hydrogen-bond donors (Lipinski definition) is 4. The van der Waals surface area contributed by atoms with Crippen LogP contribution >= 0.6 is 0 Å². The Labute approximate surface area is 124 Å². The van der Waals surface area contributed by atoms with Crippen molar-refractivity contribution in [2.24, 2.45) is 0 Å². The number of ether oxygens (including phenoxy) is 1. The highest BCUT2D eigenvalue weighted by molar-refractivity contribution is 5.20. The highest BCUT2D eigenvalue weighted by atomic mass is 16.5. The standard InChI is InChI=1S/C15H23NO5/c17-10-15(11-18)14(20)13(19)9-16(15)7-4-8-21-12-5-2-1-3-6-12/h1-3,5-6,13-14,17-20H,4,7-11H2. The number of aliphatic hydroxyl groups is 4. The van der Waals surface area contributed by atoms with Gasteiger partial charge in [-0.3, -0.25) is 4.90 Å². The number of aliphatic hydroxyl groups excluding tert-OH is 4. The minimum Gasteiger partial charge on any atom is -0.494 e. The Morgan fingerprint density at radius 2 is 1.81 bits per heavy atom. The zero-order chi connectivity index (χ0) is 15.3. The van der Waals surface area contributed by atoms with Crippen LogP contribution in [0, 0.1) is 0 Å². The normalized spacial score (nSPS) is 25.1. The predicted octanol–water partition coefficient (Wildman–Crippen LogP) is -0.784. The largest absolute Gasteiger partial charge is 0.494 e. The Morgan fingerprint density at radius 3 is 2.43 bits per heavy atom. The lowest BCUT2D eigenvalue weighted by Gasteiger charge is -2.37. The van der Waals surface area contributed by atoms with E-state index in [0.717, 1.165) is 5.75 Å². The third-order valence-electron chi connectivity index (χ3n) is 4.08. The number of benzene rings is 1. The first-order valence-corrected chi connectivity index (χ1v) is 7.15. The van der Waals surface area contributed by atoms with E-state index in [2.05, 4.69) is 0 Å². The molecule has 0 aliphatic carbocycles. The molecule has 1 aliphatic heterocycles. The molecule has 2 rings (SSSR count). The second-order valence-electron chi connectivity index (χ2n) is 5.39. The van der Waals surface area contributed by atoms with Crippen LogP contribution in [0.2, 0.25) is 0 Å². The molecule has 118 valence electrons. The van der Waals surface area contributed by atoms with Gasteiger partial charge in [-0.1, -0.05) is 18.2 Å².